The third-order valence-electron chi connectivity index (χ3n) is 3.43. The van der Waals surface area contributed by atoms with E-state index in [1.807, 2.05) is 18.2 Å². The third kappa shape index (κ3) is 3.19. The highest BCUT2D eigenvalue weighted by Crippen LogP contribution is 2.19. The van der Waals surface area contributed by atoms with Crippen molar-refractivity contribution in [1.82, 2.24) is 20.5 Å². The Labute approximate surface area is 122 Å². The van der Waals surface area contributed by atoms with Crippen molar-refractivity contribution in [3.63, 3.8) is 0 Å². The highest BCUT2D eigenvalue weighted by atomic mass is 16.4. The lowest BCUT2D eigenvalue weighted by molar-refractivity contribution is -0.136. The van der Waals surface area contributed by atoms with Crippen LogP contribution >= 0.6 is 0 Å². The molecule has 7 heteroatoms. The zero-order valence-corrected chi connectivity index (χ0v) is 11.5. The van der Waals surface area contributed by atoms with Crippen molar-refractivity contribution >= 4 is 11.9 Å². The van der Waals surface area contributed by atoms with Gasteiger partial charge < -0.3 is 15.3 Å². The number of nitrogens with zero attached hydrogens (tertiary/aromatic N) is 3. The van der Waals surface area contributed by atoms with Gasteiger partial charge in [0.1, 0.15) is 0 Å². The highest BCUT2D eigenvalue weighted by Gasteiger charge is 2.15. The van der Waals surface area contributed by atoms with Crippen LogP contribution in [0.3, 0.4) is 0 Å². The number of aliphatic carboxylic acids is 1. The van der Waals surface area contributed by atoms with Gasteiger partial charge in [-0.2, -0.15) is 4.98 Å². The molecule has 110 valence electrons. The summed E-state index contributed by atoms with van der Waals surface area (Å²) in [6.45, 7) is 3.63. The molecule has 1 aromatic heterocycles. The van der Waals surface area contributed by atoms with Crippen LogP contribution in [-0.2, 0) is 11.2 Å². The van der Waals surface area contributed by atoms with Crippen molar-refractivity contribution < 1.29 is 9.90 Å². The van der Waals surface area contributed by atoms with E-state index in [-0.39, 0.29) is 6.42 Å². The molecule has 1 aliphatic heterocycles. The minimum absolute atomic E-state index is 0.00658. The number of hydrogen-bond donors (Lipinski definition) is 3. The summed E-state index contributed by atoms with van der Waals surface area (Å²) in [7, 11) is 0. The van der Waals surface area contributed by atoms with E-state index in [1.54, 1.807) is 6.07 Å². The summed E-state index contributed by atoms with van der Waals surface area (Å²) in [6, 6.07) is 7.36. The Morgan fingerprint density at radius 1 is 1.33 bits per heavy atom. The molecule has 7 nitrogen and oxygen atoms in total. The first-order valence-electron chi connectivity index (χ1n) is 6.91. The number of H-pyrrole nitrogens is 1. The van der Waals surface area contributed by atoms with E-state index < -0.39 is 5.97 Å². The van der Waals surface area contributed by atoms with E-state index >= 15 is 0 Å². The first kappa shape index (κ1) is 13.6. The van der Waals surface area contributed by atoms with E-state index in [2.05, 4.69) is 25.4 Å². The van der Waals surface area contributed by atoms with Crippen LogP contribution in [0.15, 0.2) is 24.3 Å². The maximum Gasteiger partial charge on any atom is 0.307 e. The lowest BCUT2D eigenvalue weighted by Crippen LogP contribution is -2.44. The summed E-state index contributed by atoms with van der Waals surface area (Å²) in [5.74, 6) is 0.511. The van der Waals surface area contributed by atoms with E-state index in [4.69, 9.17) is 5.11 Å². The van der Waals surface area contributed by atoms with Crippen LogP contribution in [0.2, 0.25) is 0 Å². The predicted octanol–water partition coefficient (Wildman–Crippen LogP) is 0.508. The number of piperazine rings is 1. The molecular weight excluding hydrogens is 270 g/mol. The van der Waals surface area contributed by atoms with Gasteiger partial charge in [0.15, 0.2) is 5.82 Å². The fourth-order valence-electron chi connectivity index (χ4n) is 2.39. The SMILES string of the molecule is O=C(O)Cc1cccc(-c2nc(N3CCNCC3)n[nH]2)c1. The lowest BCUT2D eigenvalue weighted by atomic mass is 10.1. The van der Waals surface area contributed by atoms with E-state index in [9.17, 15) is 4.79 Å². The van der Waals surface area contributed by atoms with Crippen molar-refractivity contribution in [3.8, 4) is 11.4 Å². The van der Waals surface area contributed by atoms with Crippen LogP contribution < -0.4 is 10.2 Å². The van der Waals surface area contributed by atoms with Crippen molar-refractivity contribution in [1.29, 1.82) is 0 Å². The minimum Gasteiger partial charge on any atom is -0.481 e. The van der Waals surface area contributed by atoms with Crippen LogP contribution in [0, 0.1) is 0 Å². The Bertz CT molecular complexity index is 634. The number of aromatic nitrogens is 3. The zero-order valence-electron chi connectivity index (χ0n) is 11.5. The highest BCUT2D eigenvalue weighted by molar-refractivity contribution is 5.71. The van der Waals surface area contributed by atoms with Gasteiger partial charge in [-0.1, -0.05) is 18.2 Å². The predicted molar refractivity (Wildman–Crippen MR) is 78.2 cm³/mol. The molecule has 1 aliphatic rings. The molecule has 0 bridgehead atoms. The van der Waals surface area contributed by atoms with E-state index in [1.165, 1.54) is 0 Å². The van der Waals surface area contributed by atoms with Gasteiger partial charge in [0.25, 0.3) is 0 Å². The molecule has 3 rings (SSSR count). The molecule has 1 saturated heterocycles. The van der Waals surface area contributed by atoms with Gasteiger partial charge in [-0.25, -0.2) is 0 Å². The second-order valence-electron chi connectivity index (χ2n) is 4.99. The number of rotatable bonds is 4. The fourth-order valence-corrected chi connectivity index (χ4v) is 2.39. The van der Waals surface area contributed by atoms with Gasteiger partial charge in [0.05, 0.1) is 6.42 Å². The molecule has 0 atom stereocenters. The second-order valence-corrected chi connectivity index (χ2v) is 4.99. The zero-order chi connectivity index (χ0) is 14.7. The van der Waals surface area contributed by atoms with Gasteiger partial charge in [0, 0.05) is 31.7 Å². The van der Waals surface area contributed by atoms with Crippen molar-refractivity contribution in [2.24, 2.45) is 0 Å². The molecule has 0 radical (unpaired) electrons. The Morgan fingerprint density at radius 3 is 2.90 bits per heavy atom. The third-order valence-corrected chi connectivity index (χ3v) is 3.43. The Morgan fingerprint density at radius 2 is 2.14 bits per heavy atom. The van der Waals surface area contributed by atoms with Crippen LogP contribution in [0.4, 0.5) is 5.95 Å². The molecule has 3 N–H and O–H groups in total. The van der Waals surface area contributed by atoms with E-state index in [0.717, 1.165) is 37.3 Å². The van der Waals surface area contributed by atoms with Crippen LogP contribution in [0.5, 0.6) is 0 Å². The summed E-state index contributed by atoms with van der Waals surface area (Å²) >= 11 is 0. The molecule has 0 spiro atoms. The number of aromatic amines is 1. The maximum atomic E-state index is 10.8. The number of hydrogen-bond acceptors (Lipinski definition) is 5. The van der Waals surface area contributed by atoms with Gasteiger partial charge >= 0.3 is 5.97 Å². The molecule has 0 aliphatic carbocycles. The molecule has 1 aromatic carbocycles. The molecule has 0 saturated carbocycles. The number of anilines is 1. The number of carboxylic acids is 1. The second kappa shape index (κ2) is 5.92. The largest absolute Gasteiger partial charge is 0.481 e. The monoisotopic (exact) mass is 287 g/mol. The maximum absolute atomic E-state index is 10.8. The Balaban J connectivity index is 1.80. The minimum atomic E-state index is -0.841. The van der Waals surface area contributed by atoms with Crippen LogP contribution in [0.1, 0.15) is 5.56 Å². The van der Waals surface area contributed by atoms with E-state index in [0.29, 0.717) is 11.8 Å². The van der Waals surface area contributed by atoms with Gasteiger partial charge in [-0.3, -0.25) is 9.89 Å². The molecule has 2 aromatic rings. The van der Waals surface area contributed by atoms with Gasteiger partial charge in [0.2, 0.25) is 5.95 Å². The van der Waals surface area contributed by atoms with Crippen LogP contribution in [-0.4, -0.2) is 52.4 Å². The molecule has 2 heterocycles. The first-order chi connectivity index (χ1) is 10.2. The molecule has 21 heavy (non-hydrogen) atoms. The first-order valence-corrected chi connectivity index (χ1v) is 6.91. The summed E-state index contributed by atoms with van der Waals surface area (Å²) in [5.41, 5.74) is 1.60. The Kier molecular flexibility index (Phi) is 3.83. The molecule has 0 amide bonds. The molecule has 1 fully saturated rings. The quantitative estimate of drug-likeness (QED) is 0.758. The normalized spacial score (nSPS) is 15.1. The van der Waals surface area contributed by atoms with Gasteiger partial charge in [-0.05, 0) is 11.6 Å². The summed E-state index contributed by atoms with van der Waals surface area (Å²) in [6.07, 6.45) is 0.00658. The average Bonchev–Trinajstić information content (AvgIpc) is 2.98. The number of nitrogens with one attached hydrogen (secondary N) is 2. The summed E-state index contributed by atoms with van der Waals surface area (Å²) in [4.78, 5) is 17.4. The Hall–Kier alpha value is -2.41. The van der Waals surface area contributed by atoms with Crippen LogP contribution in [0.25, 0.3) is 11.4 Å². The number of carboxylic acid groups (broad SMARTS) is 1. The van der Waals surface area contributed by atoms with Crippen molar-refractivity contribution in [2.45, 2.75) is 6.42 Å². The number of carbonyl (C=O) groups is 1. The molecular formula is C14H17N5O2. The lowest BCUT2D eigenvalue weighted by Gasteiger charge is -2.25. The topological polar surface area (TPSA) is 94.1 Å². The standard InChI is InChI=1S/C14H17N5O2/c20-12(21)9-10-2-1-3-11(8-10)13-16-14(18-17-13)19-6-4-15-5-7-19/h1-3,8,15H,4-7,9H2,(H,20,21)(H,16,17,18). The smallest absolute Gasteiger partial charge is 0.307 e. The fraction of sp³-hybridized carbons (Fsp3) is 0.357. The van der Waals surface area contributed by atoms with Gasteiger partial charge in [-0.15, -0.1) is 5.10 Å². The summed E-state index contributed by atoms with van der Waals surface area (Å²) in [5, 5.41) is 19.3. The number of benzene rings is 1. The van der Waals surface area contributed by atoms with Crippen molar-refractivity contribution in [3.05, 3.63) is 29.8 Å². The average molecular weight is 287 g/mol. The molecule has 0 unspecified atom stereocenters. The van der Waals surface area contributed by atoms with Crippen molar-refractivity contribution in [2.75, 3.05) is 31.1 Å². The summed E-state index contributed by atoms with van der Waals surface area (Å²) < 4.78 is 0.